The first-order chi connectivity index (χ1) is 11.1. The maximum Gasteiger partial charge on any atom is 0.329 e. The number of para-hydroxylation sites is 2. The number of hydrogen-bond donors (Lipinski definition) is 1. The number of aromatic nitrogens is 1. The van der Waals surface area contributed by atoms with E-state index in [1.807, 2.05) is 54.6 Å². The minimum absolute atomic E-state index is 0.123. The Morgan fingerprint density at radius 1 is 1.04 bits per heavy atom. The molecule has 0 aliphatic heterocycles. The Kier molecular flexibility index (Phi) is 4.10. The van der Waals surface area contributed by atoms with Crippen LogP contribution in [0.2, 0.25) is 0 Å². The van der Waals surface area contributed by atoms with Gasteiger partial charge in [-0.2, -0.15) is 4.73 Å². The lowest BCUT2D eigenvalue weighted by Gasteiger charge is -2.04. The summed E-state index contributed by atoms with van der Waals surface area (Å²) in [6.07, 6.45) is 1.88. The third-order valence-electron chi connectivity index (χ3n) is 3.40. The summed E-state index contributed by atoms with van der Waals surface area (Å²) in [5, 5.41) is 3.74. The Morgan fingerprint density at radius 2 is 1.74 bits per heavy atom. The third kappa shape index (κ3) is 3.40. The summed E-state index contributed by atoms with van der Waals surface area (Å²) >= 11 is 0. The number of carbonyl (C=O) groups is 2. The molecule has 0 bridgehead atoms. The minimum Gasteiger partial charge on any atom is -0.337 e. The Morgan fingerprint density at radius 3 is 2.48 bits per heavy atom. The highest BCUT2D eigenvalue weighted by Gasteiger charge is 2.13. The molecule has 1 N–H and O–H groups in total. The third-order valence-corrected chi connectivity index (χ3v) is 3.40. The number of amides is 1. The van der Waals surface area contributed by atoms with Gasteiger partial charge in [-0.1, -0.05) is 36.4 Å². The first-order valence-corrected chi connectivity index (χ1v) is 7.26. The van der Waals surface area contributed by atoms with Gasteiger partial charge in [-0.05, 0) is 23.8 Å². The van der Waals surface area contributed by atoms with Gasteiger partial charge in [0.25, 0.3) is 0 Å². The molecule has 23 heavy (non-hydrogen) atoms. The number of fused-ring (bicyclic) bond motifs is 1. The molecule has 5 nitrogen and oxygen atoms in total. The zero-order valence-electron chi connectivity index (χ0n) is 12.7. The van der Waals surface area contributed by atoms with Crippen molar-refractivity contribution in [3.05, 3.63) is 66.4 Å². The van der Waals surface area contributed by atoms with Crippen LogP contribution in [0.1, 0.15) is 12.5 Å². The van der Waals surface area contributed by atoms with E-state index >= 15 is 0 Å². The predicted molar refractivity (Wildman–Crippen MR) is 88.0 cm³/mol. The average molecular weight is 308 g/mol. The van der Waals surface area contributed by atoms with Gasteiger partial charge in [0.05, 0.1) is 11.9 Å². The second-order valence-corrected chi connectivity index (χ2v) is 5.17. The van der Waals surface area contributed by atoms with E-state index in [2.05, 4.69) is 5.32 Å². The van der Waals surface area contributed by atoms with E-state index < -0.39 is 5.97 Å². The van der Waals surface area contributed by atoms with Gasteiger partial charge in [0, 0.05) is 24.2 Å². The Labute approximate surface area is 133 Å². The van der Waals surface area contributed by atoms with Crippen LogP contribution in [0.25, 0.3) is 10.9 Å². The van der Waals surface area contributed by atoms with E-state index in [4.69, 9.17) is 4.84 Å². The van der Waals surface area contributed by atoms with Gasteiger partial charge in [-0.25, -0.2) is 4.79 Å². The molecular weight excluding hydrogens is 292 g/mol. The molecule has 3 aromatic rings. The molecule has 2 aromatic carbocycles. The number of nitrogens with zero attached hydrogens (tertiary/aromatic N) is 1. The van der Waals surface area contributed by atoms with E-state index in [0.717, 1.165) is 22.2 Å². The van der Waals surface area contributed by atoms with E-state index in [-0.39, 0.29) is 12.3 Å². The zero-order chi connectivity index (χ0) is 16.2. The molecule has 1 heterocycles. The van der Waals surface area contributed by atoms with E-state index in [9.17, 15) is 9.59 Å². The van der Waals surface area contributed by atoms with Crippen LogP contribution in [0.15, 0.2) is 60.8 Å². The van der Waals surface area contributed by atoms with Crippen LogP contribution in [0.3, 0.4) is 0 Å². The van der Waals surface area contributed by atoms with Crippen molar-refractivity contribution in [2.75, 3.05) is 5.32 Å². The standard InChI is InChI=1S/C18H16N2O3/c1-13(21)23-20-12-14(16-9-5-6-10-17(16)20)11-18(22)19-15-7-3-2-4-8-15/h2-10,12H,11H2,1H3,(H,19,22). The SMILES string of the molecule is CC(=O)On1cc(CC(=O)Nc2ccccc2)c2ccccc21. The second kappa shape index (κ2) is 6.36. The quantitative estimate of drug-likeness (QED) is 0.806. The molecule has 1 aromatic heterocycles. The summed E-state index contributed by atoms with van der Waals surface area (Å²) in [7, 11) is 0. The largest absolute Gasteiger partial charge is 0.337 e. The lowest BCUT2D eigenvalue weighted by molar-refractivity contribution is -0.140. The molecule has 116 valence electrons. The van der Waals surface area contributed by atoms with Gasteiger partial charge >= 0.3 is 5.97 Å². The van der Waals surface area contributed by atoms with Crippen molar-refractivity contribution in [3.8, 4) is 0 Å². The van der Waals surface area contributed by atoms with Crippen LogP contribution >= 0.6 is 0 Å². The van der Waals surface area contributed by atoms with Crippen LogP contribution in [-0.4, -0.2) is 16.6 Å². The zero-order valence-corrected chi connectivity index (χ0v) is 12.7. The molecule has 0 saturated carbocycles. The summed E-state index contributed by atoms with van der Waals surface area (Å²) in [6.45, 7) is 1.34. The summed E-state index contributed by atoms with van der Waals surface area (Å²) in [5.74, 6) is -0.534. The van der Waals surface area contributed by atoms with Crippen molar-refractivity contribution in [1.82, 2.24) is 4.73 Å². The number of nitrogens with one attached hydrogen (secondary N) is 1. The highest BCUT2D eigenvalue weighted by atomic mass is 16.7. The number of carbonyl (C=O) groups excluding carboxylic acids is 2. The molecule has 0 aliphatic carbocycles. The highest BCUT2D eigenvalue weighted by Crippen LogP contribution is 2.21. The molecular formula is C18H16N2O3. The molecule has 3 rings (SSSR count). The fourth-order valence-electron chi connectivity index (χ4n) is 2.47. The fourth-order valence-corrected chi connectivity index (χ4v) is 2.47. The summed E-state index contributed by atoms with van der Waals surface area (Å²) in [5.41, 5.74) is 2.31. The molecule has 5 heteroatoms. The minimum atomic E-state index is -0.411. The Bertz CT molecular complexity index is 853. The van der Waals surface area contributed by atoms with Crippen LogP contribution in [0.4, 0.5) is 5.69 Å². The first kappa shape index (κ1) is 14.8. The number of rotatable bonds is 4. The van der Waals surface area contributed by atoms with Gasteiger partial charge in [0.1, 0.15) is 0 Å². The van der Waals surface area contributed by atoms with Crippen molar-refractivity contribution in [3.63, 3.8) is 0 Å². The van der Waals surface area contributed by atoms with Gasteiger partial charge in [0.15, 0.2) is 0 Å². The van der Waals surface area contributed by atoms with Crippen LogP contribution < -0.4 is 10.2 Å². The van der Waals surface area contributed by atoms with Gasteiger partial charge in [-0.15, -0.1) is 0 Å². The molecule has 0 saturated heterocycles. The maximum atomic E-state index is 12.2. The smallest absolute Gasteiger partial charge is 0.329 e. The van der Waals surface area contributed by atoms with Crippen LogP contribution in [0, 0.1) is 0 Å². The molecule has 1 amide bonds. The average Bonchev–Trinajstić information content (AvgIpc) is 2.86. The highest BCUT2D eigenvalue weighted by molar-refractivity contribution is 5.96. The van der Waals surface area contributed by atoms with Crippen molar-refractivity contribution in [2.24, 2.45) is 0 Å². The maximum absolute atomic E-state index is 12.2. The monoisotopic (exact) mass is 308 g/mol. The van der Waals surface area contributed by atoms with Crippen LogP contribution in [-0.2, 0) is 16.0 Å². The Hall–Kier alpha value is -3.08. The van der Waals surface area contributed by atoms with Crippen molar-refractivity contribution < 1.29 is 14.4 Å². The van der Waals surface area contributed by atoms with Crippen molar-refractivity contribution in [1.29, 1.82) is 0 Å². The molecule has 0 spiro atoms. The Balaban J connectivity index is 1.85. The summed E-state index contributed by atoms with van der Waals surface area (Å²) < 4.78 is 1.41. The fraction of sp³-hybridized carbons (Fsp3) is 0.111. The van der Waals surface area contributed by atoms with Crippen molar-refractivity contribution >= 4 is 28.5 Å². The molecule has 0 fully saturated rings. The number of hydrogen-bond acceptors (Lipinski definition) is 3. The molecule has 0 radical (unpaired) electrons. The van der Waals surface area contributed by atoms with Crippen molar-refractivity contribution in [2.45, 2.75) is 13.3 Å². The molecule has 0 aliphatic rings. The molecule has 0 atom stereocenters. The van der Waals surface area contributed by atoms with Crippen LogP contribution in [0.5, 0.6) is 0 Å². The normalized spacial score (nSPS) is 10.5. The lowest BCUT2D eigenvalue weighted by Crippen LogP contribution is -2.16. The summed E-state index contributed by atoms with van der Waals surface area (Å²) in [6, 6.07) is 16.8. The second-order valence-electron chi connectivity index (χ2n) is 5.17. The van der Waals surface area contributed by atoms with Gasteiger partial charge in [0.2, 0.25) is 5.91 Å². The van der Waals surface area contributed by atoms with Gasteiger partial charge in [-0.3, -0.25) is 4.79 Å². The lowest BCUT2D eigenvalue weighted by atomic mass is 10.1. The predicted octanol–water partition coefficient (Wildman–Crippen LogP) is 2.80. The van der Waals surface area contributed by atoms with E-state index in [0.29, 0.717) is 0 Å². The molecule has 0 unspecified atom stereocenters. The number of anilines is 1. The van der Waals surface area contributed by atoms with E-state index in [1.165, 1.54) is 11.7 Å². The summed E-state index contributed by atoms with van der Waals surface area (Å²) in [4.78, 5) is 28.6. The van der Waals surface area contributed by atoms with Gasteiger partial charge < -0.3 is 10.2 Å². The number of benzene rings is 2. The topological polar surface area (TPSA) is 60.3 Å². The van der Waals surface area contributed by atoms with E-state index in [1.54, 1.807) is 6.20 Å². The first-order valence-electron chi connectivity index (χ1n) is 7.26.